The van der Waals surface area contributed by atoms with E-state index in [4.69, 9.17) is 9.47 Å². The maximum atomic E-state index is 13.7. The smallest absolute Gasteiger partial charge is 0.187 e. The molecule has 0 aromatic rings. The van der Waals surface area contributed by atoms with Crippen LogP contribution in [0.15, 0.2) is 23.3 Å². The van der Waals surface area contributed by atoms with Crippen LogP contribution in [-0.4, -0.2) is 92.5 Å². The fourth-order valence-electron chi connectivity index (χ4n) is 11.0. The minimum absolute atomic E-state index is 0.0645. The molecule has 5 aliphatic rings. The highest BCUT2D eigenvalue weighted by atomic mass is 16.7. The van der Waals surface area contributed by atoms with Gasteiger partial charge in [0, 0.05) is 16.7 Å². The molecular formula is C36H58O9. The average Bonchev–Trinajstić information content (AvgIpc) is 3.25. The van der Waals surface area contributed by atoms with E-state index in [1.54, 1.807) is 0 Å². The molecule has 0 spiro atoms. The van der Waals surface area contributed by atoms with Crippen molar-refractivity contribution in [1.29, 1.82) is 0 Å². The first kappa shape index (κ1) is 35.1. The average molecular weight is 635 g/mol. The Labute approximate surface area is 268 Å². The molecule has 4 fully saturated rings. The standard InChI is InChI=1S/C36H58O9/c1-19(2)14-21(39)15-20(3)22-10-11-35(7)31-25(44-32-30(43)29(42)28(41)26(17-37)45-32)16-24-23(8-9-27(40)33(24,4)5)36(31,18-38)13-12-34(22,35)6/h14,16,18,20-23,25-32,37,39-43H,8-13,15,17H2,1-7H3/t20-,21-,22-,23-,25+,26-,27+,28-,29+,30-,31+,32-,34-,35+,36-/m1/s1. The van der Waals surface area contributed by atoms with Crippen LogP contribution in [0.25, 0.3) is 0 Å². The van der Waals surface area contributed by atoms with Gasteiger partial charge in [0.1, 0.15) is 30.7 Å². The Morgan fingerprint density at radius 3 is 2.31 bits per heavy atom. The van der Waals surface area contributed by atoms with Crippen LogP contribution in [0.4, 0.5) is 0 Å². The van der Waals surface area contributed by atoms with Crippen LogP contribution in [0.1, 0.15) is 93.4 Å². The first-order valence-corrected chi connectivity index (χ1v) is 17.1. The van der Waals surface area contributed by atoms with E-state index < -0.39 is 66.5 Å². The molecule has 15 atom stereocenters. The molecule has 1 aliphatic heterocycles. The first-order valence-electron chi connectivity index (χ1n) is 17.1. The Balaban J connectivity index is 1.59. The summed E-state index contributed by atoms with van der Waals surface area (Å²) in [5.41, 5.74) is 0.182. The summed E-state index contributed by atoms with van der Waals surface area (Å²) in [5.74, 6) is 0.211. The van der Waals surface area contributed by atoms with Gasteiger partial charge in [-0.2, -0.15) is 0 Å². The zero-order valence-corrected chi connectivity index (χ0v) is 28.2. The number of allylic oxidation sites excluding steroid dienone is 1. The summed E-state index contributed by atoms with van der Waals surface area (Å²) in [7, 11) is 0. The second kappa shape index (κ2) is 12.4. The Bertz CT molecular complexity index is 1160. The molecule has 6 N–H and O–H groups in total. The molecule has 1 saturated heterocycles. The van der Waals surface area contributed by atoms with Crippen molar-refractivity contribution in [2.45, 2.75) is 142 Å². The molecule has 5 rings (SSSR count). The monoisotopic (exact) mass is 634 g/mol. The zero-order valence-electron chi connectivity index (χ0n) is 28.2. The van der Waals surface area contributed by atoms with Crippen molar-refractivity contribution < 1.29 is 44.9 Å². The molecule has 0 amide bonds. The number of aliphatic hydroxyl groups is 6. The highest BCUT2D eigenvalue weighted by Gasteiger charge is 2.71. The normalized spacial score (nSPS) is 48.7. The topological polar surface area (TPSA) is 157 Å². The maximum Gasteiger partial charge on any atom is 0.187 e. The van der Waals surface area contributed by atoms with Gasteiger partial charge in [-0.05, 0) is 87.4 Å². The number of ether oxygens (including phenoxy) is 2. The van der Waals surface area contributed by atoms with E-state index in [1.165, 1.54) is 0 Å². The lowest BCUT2D eigenvalue weighted by Crippen LogP contribution is -2.66. The van der Waals surface area contributed by atoms with Crippen LogP contribution in [0.3, 0.4) is 0 Å². The number of hydrogen-bond acceptors (Lipinski definition) is 9. The molecule has 0 aromatic heterocycles. The molecule has 1 heterocycles. The maximum absolute atomic E-state index is 13.7. The summed E-state index contributed by atoms with van der Waals surface area (Å²) in [6.45, 7) is 14.3. The summed E-state index contributed by atoms with van der Waals surface area (Å²) >= 11 is 0. The van der Waals surface area contributed by atoms with E-state index in [9.17, 15) is 35.4 Å². The Kier molecular flexibility index (Phi) is 9.66. The number of aldehydes is 1. The van der Waals surface area contributed by atoms with Crippen LogP contribution >= 0.6 is 0 Å². The molecule has 4 aliphatic carbocycles. The molecule has 3 saturated carbocycles. The van der Waals surface area contributed by atoms with Crippen LogP contribution in [0.5, 0.6) is 0 Å². The highest BCUT2D eigenvalue weighted by Crippen LogP contribution is 2.75. The Hall–Kier alpha value is -1.17. The zero-order chi connectivity index (χ0) is 33.3. The SMILES string of the molecule is CC(C)=C[C@@H](O)C[C@@H](C)[C@H]1CC[C@@]2(C)[C@@H]3[C@@H](O[C@@H]4O[C@H](CO)[C@@H](O)[C@H](O)[C@H]4O)C=C4[C@@H](CC[C@H](O)C4(C)C)[C@]3(C=O)CC[C@]12C. The third kappa shape index (κ3) is 5.41. The lowest BCUT2D eigenvalue weighted by molar-refractivity contribution is -0.321. The van der Waals surface area contributed by atoms with Gasteiger partial charge in [0.25, 0.3) is 0 Å². The summed E-state index contributed by atoms with van der Waals surface area (Å²) in [4.78, 5) is 13.7. The minimum atomic E-state index is -1.58. The van der Waals surface area contributed by atoms with E-state index in [-0.39, 0.29) is 28.6 Å². The van der Waals surface area contributed by atoms with Crippen molar-refractivity contribution in [1.82, 2.24) is 0 Å². The van der Waals surface area contributed by atoms with E-state index in [0.29, 0.717) is 31.6 Å². The van der Waals surface area contributed by atoms with E-state index >= 15 is 0 Å². The second-order valence-corrected chi connectivity index (χ2v) is 16.5. The van der Waals surface area contributed by atoms with Crippen LogP contribution in [-0.2, 0) is 14.3 Å². The second-order valence-electron chi connectivity index (χ2n) is 16.5. The Morgan fingerprint density at radius 2 is 1.69 bits per heavy atom. The molecule has 9 nitrogen and oxygen atoms in total. The summed E-state index contributed by atoms with van der Waals surface area (Å²) in [5, 5.41) is 63.8. The van der Waals surface area contributed by atoms with Gasteiger partial charge in [-0.3, -0.25) is 0 Å². The van der Waals surface area contributed by atoms with Gasteiger partial charge < -0.3 is 44.9 Å². The predicted octanol–water partition coefficient (Wildman–Crippen LogP) is 3.28. The van der Waals surface area contributed by atoms with Gasteiger partial charge in [0.2, 0.25) is 0 Å². The molecular weight excluding hydrogens is 576 g/mol. The third-order valence-electron chi connectivity index (χ3n) is 13.6. The quantitative estimate of drug-likeness (QED) is 0.174. The molecule has 45 heavy (non-hydrogen) atoms. The molecule has 256 valence electrons. The van der Waals surface area contributed by atoms with Crippen molar-refractivity contribution >= 4 is 6.29 Å². The third-order valence-corrected chi connectivity index (χ3v) is 13.6. The van der Waals surface area contributed by atoms with Crippen LogP contribution in [0.2, 0.25) is 0 Å². The van der Waals surface area contributed by atoms with Crippen molar-refractivity contribution in [3.8, 4) is 0 Å². The molecule has 0 aromatic carbocycles. The highest BCUT2D eigenvalue weighted by molar-refractivity contribution is 5.65. The minimum Gasteiger partial charge on any atom is -0.394 e. The number of hydrogen-bond donors (Lipinski definition) is 6. The van der Waals surface area contributed by atoms with Gasteiger partial charge in [-0.1, -0.05) is 57.9 Å². The number of rotatable bonds is 8. The van der Waals surface area contributed by atoms with Crippen molar-refractivity contribution in [2.24, 2.45) is 45.3 Å². The van der Waals surface area contributed by atoms with Gasteiger partial charge in [0.05, 0.1) is 24.9 Å². The van der Waals surface area contributed by atoms with Crippen molar-refractivity contribution in [2.75, 3.05) is 6.61 Å². The largest absolute Gasteiger partial charge is 0.394 e. The summed E-state index contributed by atoms with van der Waals surface area (Å²) < 4.78 is 12.5. The summed E-state index contributed by atoms with van der Waals surface area (Å²) in [6.07, 6.45) is 1.55. The number of carbonyl (C=O) groups is 1. The lowest BCUT2D eigenvalue weighted by Gasteiger charge is -2.66. The van der Waals surface area contributed by atoms with Gasteiger partial charge in [-0.15, -0.1) is 0 Å². The summed E-state index contributed by atoms with van der Waals surface area (Å²) in [6, 6.07) is 0. The number of aliphatic hydroxyl groups excluding tert-OH is 6. The van der Waals surface area contributed by atoms with Crippen LogP contribution < -0.4 is 0 Å². The van der Waals surface area contributed by atoms with Crippen molar-refractivity contribution in [3.63, 3.8) is 0 Å². The fourth-order valence-corrected chi connectivity index (χ4v) is 11.0. The predicted molar refractivity (Wildman–Crippen MR) is 169 cm³/mol. The van der Waals surface area contributed by atoms with E-state index in [2.05, 4.69) is 26.8 Å². The van der Waals surface area contributed by atoms with Crippen LogP contribution in [0, 0.1) is 45.3 Å². The van der Waals surface area contributed by atoms with E-state index in [0.717, 1.165) is 36.7 Å². The number of fused-ring (bicyclic) bond motifs is 5. The first-order chi connectivity index (χ1) is 21.0. The number of carbonyl (C=O) groups excluding carboxylic acids is 1. The molecule has 0 radical (unpaired) electrons. The van der Waals surface area contributed by atoms with E-state index in [1.807, 2.05) is 33.8 Å². The van der Waals surface area contributed by atoms with Crippen molar-refractivity contribution in [3.05, 3.63) is 23.3 Å². The van der Waals surface area contributed by atoms with Gasteiger partial charge >= 0.3 is 0 Å². The Morgan fingerprint density at radius 1 is 1.00 bits per heavy atom. The molecule has 9 heteroatoms. The fraction of sp³-hybridized carbons (Fsp3) is 0.861. The molecule has 0 unspecified atom stereocenters. The molecule has 0 bridgehead atoms. The lowest BCUT2D eigenvalue weighted by atomic mass is 9.38. The van der Waals surface area contributed by atoms with Gasteiger partial charge in [-0.25, -0.2) is 0 Å². The van der Waals surface area contributed by atoms with Gasteiger partial charge in [0.15, 0.2) is 6.29 Å².